The molecule has 6 unspecified atom stereocenters. The molecule has 8 aromatic rings. The fraction of sp³-hybridized carbons (Fsp3) is 0.368. The Morgan fingerprint density at radius 1 is 0.323 bits per heavy atom. The number of para-hydroxylation sites is 4. The molecule has 4 aliphatic rings. The first-order valence-corrected chi connectivity index (χ1v) is 32.0. The summed E-state index contributed by atoms with van der Waals surface area (Å²) in [5.41, 5.74) is 10.2. The molecule has 20 heteroatoms. The molecule has 4 heterocycles. The number of benzene rings is 8. The van der Waals surface area contributed by atoms with Gasteiger partial charge >= 0.3 is 0 Å². The van der Waals surface area contributed by atoms with Crippen molar-refractivity contribution in [2.45, 2.75) is 102 Å². The summed E-state index contributed by atoms with van der Waals surface area (Å²) in [4.78, 5) is 0. The molecular weight excluding hydrogens is 1300 g/mol. The van der Waals surface area contributed by atoms with E-state index >= 15 is 0 Å². The largest absolute Gasteiger partial charge is 0.493 e. The predicted molar refractivity (Wildman–Crippen MR) is 392 cm³/mol. The van der Waals surface area contributed by atoms with Crippen molar-refractivity contribution >= 4 is 49.6 Å². The monoisotopic (exact) mass is 1400 g/mol. The van der Waals surface area contributed by atoms with Gasteiger partial charge in [0.05, 0.1) is 28.4 Å². The zero-order valence-electron chi connectivity index (χ0n) is 55.6. The van der Waals surface area contributed by atoms with E-state index in [1.807, 2.05) is 121 Å². The van der Waals surface area contributed by atoms with Gasteiger partial charge in [-0.3, -0.25) is 0 Å². The number of rotatable bonds is 25. The molecule has 96 heavy (non-hydrogen) atoms. The quantitative estimate of drug-likeness (QED) is 0.0417. The average molecular weight is 1400 g/mol. The summed E-state index contributed by atoms with van der Waals surface area (Å²) in [6.07, 6.45) is 9.86. The summed E-state index contributed by atoms with van der Waals surface area (Å²) in [7, 11) is 6.96. The van der Waals surface area contributed by atoms with E-state index in [1.165, 1.54) is 44.5 Å². The first kappa shape index (κ1) is 81.4. The van der Waals surface area contributed by atoms with E-state index in [2.05, 4.69) is 83.6 Å². The highest BCUT2D eigenvalue weighted by atomic mass is 35.5. The lowest BCUT2D eigenvalue weighted by Crippen LogP contribution is -2.44. The van der Waals surface area contributed by atoms with Gasteiger partial charge in [-0.05, 0) is 230 Å². The molecule has 522 valence electrons. The molecule has 0 bridgehead atoms. The number of hydrogen-bond donors (Lipinski definition) is 4. The van der Waals surface area contributed by atoms with Crippen LogP contribution in [0.25, 0.3) is 0 Å². The highest BCUT2D eigenvalue weighted by Gasteiger charge is 2.41. The summed E-state index contributed by atoms with van der Waals surface area (Å²) in [6.45, 7) is 8.23. The average Bonchev–Trinajstić information content (AvgIpc) is 0.771. The van der Waals surface area contributed by atoms with E-state index in [0.717, 1.165) is 159 Å². The van der Waals surface area contributed by atoms with E-state index in [4.69, 9.17) is 37.9 Å². The number of methoxy groups -OCH3 is 4. The fourth-order valence-corrected chi connectivity index (χ4v) is 14.5. The molecule has 0 spiro atoms. The van der Waals surface area contributed by atoms with Crippen LogP contribution in [0, 0.1) is 23.7 Å². The highest BCUT2D eigenvalue weighted by molar-refractivity contribution is 5.86. The smallest absolute Gasteiger partial charge is 0.169 e. The lowest BCUT2D eigenvalue weighted by Gasteiger charge is -2.43. The van der Waals surface area contributed by atoms with Crippen LogP contribution in [0.15, 0.2) is 170 Å². The Labute approximate surface area is 591 Å². The standard InChI is InChI=1S/C76H86N4O8.4ClH.4H2O/c1-7-49(39-63(73-59-45-69(85-55-21-13-9-14-22-55)65(81-3)41-51(59)31-35-77-73)74-60-46-70(86-56-23-15-10-16-24-56)66(82-4)42-52(60)32-36-78-74)29-30-50(8-2)40-64(75-61-47-71(87-57-25-17-11-18-26-57)67(83-5)43-53(61)33-37-79-75)76-62-48-72(88-58-27-19-12-20-28-58)68(84-6)44-54(62)34-38-80-76;;;;;;;;/h9-28,41-50,63-64,73-80H,7-8,29-40H2,1-6H3;4*1H;4*1H2. The molecule has 6 atom stereocenters. The molecule has 12 N–H and O–H groups in total. The zero-order chi connectivity index (χ0) is 60.3. The topological polar surface area (TPSA) is 248 Å². The second-order valence-electron chi connectivity index (χ2n) is 24.1. The van der Waals surface area contributed by atoms with Crippen molar-refractivity contribution in [3.05, 3.63) is 214 Å². The molecular formula is C76H98Cl4N4O12. The van der Waals surface area contributed by atoms with Gasteiger partial charge in [0.25, 0.3) is 0 Å². The van der Waals surface area contributed by atoms with Crippen molar-refractivity contribution in [2.75, 3.05) is 54.6 Å². The number of ether oxygens (including phenoxy) is 8. The van der Waals surface area contributed by atoms with Crippen LogP contribution < -0.4 is 59.2 Å². The van der Waals surface area contributed by atoms with Gasteiger partial charge in [-0.25, -0.2) is 0 Å². The minimum absolute atomic E-state index is 0. The SMILES string of the molecule is CCC(CCC(CC)CC(C1NCCc2cc(OC)c(Oc3ccccc3)cc21)C1NCCc2cc(OC)c(Oc3ccccc3)cc21)CC(C1NCCc2cc(OC)c(Oc3ccccc3)cc21)C1NCCc2cc(OC)c(Oc3ccccc3)cc21.Cl.Cl.Cl.Cl.O.O.O.O. The van der Waals surface area contributed by atoms with E-state index in [9.17, 15) is 0 Å². The van der Waals surface area contributed by atoms with Crippen LogP contribution in [0.4, 0.5) is 0 Å². The third-order valence-electron chi connectivity index (χ3n) is 19.0. The maximum absolute atomic E-state index is 6.68. The third-order valence-corrected chi connectivity index (χ3v) is 19.0. The van der Waals surface area contributed by atoms with Gasteiger partial charge < -0.3 is 81.1 Å². The molecule has 0 saturated carbocycles. The van der Waals surface area contributed by atoms with Gasteiger partial charge in [0.2, 0.25) is 0 Å². The van der Waals surface area contributed by atoms with Crippen LogP contribution in [-0.4, -0.2) is 76.5 Å². The van der Waals surface area contributed by atoms with E-state index in [1.54, 1.807) is 28.4 Å². The number of nitrogens with one attached hydrogen (secondary N) is 4. The van der Waals surface area contributed by atoms with Crippen LogP contribution in [0.3, 0.4) is 0 Å². The summed E-state index contributed by atoms with van der Waals surface area (Å²) < 4.78 is 51.0. The maximum Gasteiger partial charge on any atom is 0.169 e. The van der Waals surface area contributed by atoms with Crippen LogP contribution >= 0.6 is 49.6 Å². The second-order valence-corrected chi connectivity index (χ2v) is 24.1. The van der Waals surface area contributed by atoms with Crippen molar-refractivity contribution in [2.24, 2.45) is 23.7 Å². The normalized spacial score (nSPS) is 17.4. The Morgan fingerprint density at radius 3 is 0.740 bits per heavy atom. The van der Waals surface area contributed by atoms with Crippen molar-refractivity contribution < 1.29 is 59.8 Å². The Hall–Kier alpha value is -7.00. The Balaban J connectivity index is 0.00000245. The van der Waals surface area contributed by atoms with E-state index in [-0.39, 0.29) is 108 Å². The second kappa shape index (κ2) is 38.8. The molecule has 0 aromatic heterocycles. The fourth-order valence-electron chi connectivity index (χ4n) is 14.5. The molecule has 12 rings (SSSR count). The van der Waals surface area contributed by atoms with Gasteiger partial charge in [0.15, 0.2) is 46.0 Å². The van der Waals surface area contributed by atoms with Gasteiger partial charge in [0.1, 0.15) is 23.0 Å². The molecule has 0 aliphatic carbocycles. The van der Waals surface area contributed by atoms with Gasteiger partial charge in [-0.1, -0.05) is 112 Å². The summed E-state index contributed by atoms with van der Waals surface area (Å²) >= 11 is 0. The number of hydrogen-bond acceptors (Lipinski definition) is 12. The van der Waals surface area contributed by atoms with Gasteiger partial charge in [-0.2, -0.15) is 0 Å². The van der Waals surface area contributed by atoms with Crippen LogP contribution in [0.2, 0.25) is 0 Å². The molecule has 0 amide bonds. The molecule has 4 aliphatic heterocycles. The summed E-state index contributed by atoms with van der Waals surface area (Å²) in [6, 6.07) is 58.1. The first-order valence-electron chi connectivity index (χ1n) is 32.0. The van der Waals surface area contributed by atoms with Crippen molar-refractivity contribution in [1.29, 1.82) is 0 Å². The molecule has 0 saturated heterocycles. The lowest BCUT2D eigenvalue weighted by molar-refractivity contribution is 0.182. The highest BCUT2D eigenvalue weighted by Crippen LogP contribution is 2.51. The van der Waals surface area contributed by atoms with Crippen LogP contribution in [0.5, 0.6) is 69.0 Å². The molecule has 8 aromatic carbocycles. The van der Waals surface area contributed by atoms with E-state index in [0.29, 0.717) is 11.8 Å². The first-order chi connectivity index (χ1) is 43.3. The maximum atomic E-state index is 6.68. The zero-order valence-corrected chi connectivity index (χ0v) is 58.8. The Kier molecular flexibility index (Phi) is 32.9. The van der Waals surface area contributed by atoms with Crippen molar-refractivity contribution in [3.8, 4) is 69.0 Å². The van der Waals surface area contributed by atoms with Crippen LogP contribution in [-0.2, 0) is 25.7 Å². The minimum atomic E-state index is 0. The van der Waals surface area contributed by atoms with Crippen molar-refractivity contribution in [3.63, 3.8) is 0 Å². The minimum Gasteiger partial charge on any atom is -0.493 e. The molecule has 0 radical (unpaired) electrons. The third kappa shape index (κ3) is 18.6. The predicted octanol–water partition coefficient (Wildman–Crippen LogP) is 15.0. The lowest BCUT2D eigenvalue weighted by atomic mass is 9.71. The van der Waals surface area contributed by atoms with E-state index < -0.39 is 0 Å². The Morgan fingerprint density at radius 2 is 0.542 bits per heavy atom. The van der Waals surface area contributed by atoms with Gasteiger partial charge in [-0.15, -0.1) is 49.6 Å². The number of halogens is 4. The Bertz CT molecular complexity index is 3170. The molecule has 16 nitrogen and oxygen atoms in total. The number of fused-ring (bicyclic) bond motifs is 4. The summed E-state index contributed by atoms with van der Waals surface area (Å²) in [5, 5.41) is 16.6. The van der Waals surface area contributed by atoms with Crippen molar-refractivity contribution in [1.82, 2.24) is 21.3 Å². The summed E-state index contributed by atoms with van der Waals surface area (Å²) in [5.74, 6) is 10.1. The van der Waals surface area contributed by atoms with Crippen LogP contribution in [0.1, 0.15) is 121 Å². The van der Waals surface area contributed by atoms with Gasteiger partial charge in [0, 0.05) is 24.2 Å². The molecule has 0 fully saturated rings.